The maximum Gasteiger partial charge on any atom is 0.416 e. The molecule has 0 bridgehead atoms. The zero-order chi connectivity index (χ0) is 33.4. The van der Waals surface area contributed by atoms with Crippen LogP contribution in [0.2, 0.25) is 0 Å². The second-order valence-corrected chi connectivity index (χ2v) is 12.9. The van der Waals surface area contributed by atoms with E-state index in [-0.39, 0.29) is 23.6 Å². The molecule has 2 N–H and O–H groups in total. The predicted molar refractivity (Wildman–Crippen MR) is 164 cm³/mol. The smallest absolute Gasteiger partial charge is 0.339 e. The number of sulfonamides is 1. The molecular formula is C31H28ClF4N5O4S. The fourth-order valence-electron chi connectivity index (χ4n) is 5.54. The number of nitrogens with one attached hydrogen (secondary N) is 2. The summed E-state index contributed by atoms with van der Waals surface area (Å²) >= 11 is 5.67. The average molecular weight is 678 g/mol. The van der Waals surface area contributed by atoms with Crippen molar-refractivity contribution >= 4 is 39.3 Å². The van der Waals surface area contributed by atoms with Crippen molar-refractivity contribution in [3.63, 3.8) is 0 Å². The summed E-state index contributed by atoms with van der Waals surface area (Å²) in [6, 6.07) is 15.3. The number of carbonyl (C=O) groups excluding carboxylic acids is 2. The lowest BCUT2D eigenvalue weighted by Gasteiger charge is -2.39. The molecule has 242 valence electrons. The largest absolute Gasteiger partial charge is 0.416 e. The standard InChI is InChI=1S/C31H28ClF4N5O4S/c1-3-40-29-25(26(18(2)39-46(44,45)17-32)38-41(29)23-10-5-4-6-11-23)24(19-12-14-22(33)15-13-19)27(30(40)43)37-28(42)20-8-7-9-21(16-20)31(34,35)36/h4-16,18,24,27,39H,3,17H2,1-2H3,(H,37,42)/t18-,24+,27+/m1/s1. The van der Waals surface area contributed by atoms with Crippen LogP contribution >= 0.6 is 11.6 Å². The van der Waals surface area contributed by atoms with Gasteiger partial charge in [-0.05, 0) is 61.9 Å². The van der Waals surface area contributed by atoms with Crippen LogP contribution in [0.25, 0.3) is 5.69 Å². The van der Waals surface area contributed by atoms with Crippen molar-refractivity contribution < 1.29 is 35.6 Å². The Morgan fingerprint density at radius 3 is 2.33 bits per heavy atom. The van der Waals surface area contributed by atoms with E-state index in [0.717, 1.165) is 24.3 Å². The highest BCUT2D eigenvalue weighted by Gasteiger charge is 2.47. The van der Waals surface area contributed by atoms with Gasteiger partial charge >= 0.3 is 6.18 Å². The van der Waals surface area contributed by atoms with Crippen LogP contribution in [0.3, 0.4) is 0 Å². The fraction of sp³-hybridized carbons (Fsp3) is 0.258. The number of nitrogens with zero attached hydrogens (tertiary/aromatic N) is 3. The second-order valence-electron chi connectivity index (χ2n) is 10.6. The minimum atomic E-state index is -4.71. The minimum Gasteiger partial charge on any atom is -0.339 e. The number of hydrogen-bond acceptors (Lipinski definition) is 5. The van der Waals surface area contributed by atoms with Crippen molar-refractivity contribution in [2.45, 2.75) is 38.0 Å². The molecule has 46 heavy (non-hydrogen) atoms. The van der Waals surface area contributed by atoms with Gasteiger partial charge in [-0.2, -0.15) is 18.3 Å². The number of halogens is 5. The highest BCUT2D eigenvalue weighted by Crippen LogP contribution is 2.45. The van der Waals surface area contributed by atoms with Gasteiger partial charge in [-0.25, -0.2) is 22.2 Å². The Morgan fingerprint density at radius 2 is 1.72 bits per heavy atom. The Balaban J connectivity index is 1.74. The molecule has 15 heteroatoms. The van der Waals surface area contributed by atoms with Gasteiger partial charge in [-0.15, -0.1) is 11.6 Å². The van der Waals surface area contributed by atoms with Crippen LogP contribution in [0.5, 0.6) is 0 Å². The van der Waals surface area contributed by atoms with E-state index in [1.165, 1.54) is 34.7 Å². The maximum absolute atomic E-state index is 14.3. The van der Waals surface area contributed by atoms with Crippen molar-refractivity contribution in [2.24, 2.45) is 0 Å². The molecule has 0 saturated heterocycles. The first-order valence-electron chi connectivity index (χ1n) is 14.0. The first kappa shape index (κ1) is 33.1. The Bertz CT molecular complexity index is 1870. The summed E-state index contributed by atoms with van der Waals surface area (Å²) in [6.45, 7) is 3.30. The van der Waals surface area contributed by atoms with E-state index >= 15 is 0 Å². The van der Waals surface area contributed by atoms with E-state index in [0.29, 0.717) is 22.9 Å². The number of carbonyl (C=O) groups is 2. The molecule has 2 amide bonds. The van der Waals surface area contributed by atoms with E-state index < -0.39 is 62.6 Å². The van der Waals surface area contributed by atoms with Gasteiger partial charge < -0.3 is 5.32 Å². The lowest BCUT2D eigenvalue weighted by Crippen LogP contribution is -2.55. The van der Waals surface area contributed by atoms with Gasteiger partial charge in [0.1, 0.15) is 22.9 Å². The molecule has 9 nitrogen and oxygen atoms in total. The minimum absolute atomic E-state index is 0.0810. The third kappa shape index (κ3) is 6.50. The summed E-state index contributed by atoms with van der Waals surface area (Å²) in [4.78, 5) is 29.2. The Morgan fingerprint density at radius 1 is 1.04 bits per heavy atom. The van der Waals surface area contributed by atoms with Gasteiger partial charge in [0.2, 0.25) is 10.0 Å². The van der Waals surface area contributed by atoms with E-state index in [4.69, 9.17) is 16.7 Å². The Labute approximate surface area is 267 Å². The molecule has 0 unspecified atom stereocenters. The van der Waals surface area contributed by atoms with E-state index in [1.54, 1.807) is 37.3 Å². The monoisotopic (exact) mass is 677 g/mol. The van der Waals surface area contributed by atoms with Crippen LogP contribution in [0.1, 0.15) is 58.5 Å². The van der Waals surface area contributed by atoms with Crippen molar-refractivity contribution in [1.29, 1.82) is 0 Å². The van der Waals surface area contributed by atoms with Crippen LogP contribution in [-0.4, -0.2) is 47.8 Å². The number of benzene rings is 3. The molecule has 3 aromatic carbocycles. The van der Waals surface area contributed by atoms with Crippen molar-refractivity contribution in [3.05, 3.63) is 113 Å². The topological polar surface area (TPSA) is 113 Å². The van der Waals surface area contributed by atoms with E-state index in [9.17, 15) is 35.6 Å². The molecule has 5 rings (SSSR count). The third-order valence-electron chi connectivity index (χ3n) is 7.55. The fourth-order valence-corrected chi connectivity index (χ4v) is 6.45. The number of amides is 2. The first-order valence-corrected chi connectivity index (χ1v) is 16.2. The van der Waals surface area contributed by atoms with Crippen LogP contribution in [0.4, 0.5) is 23.4 Å². The van der Waals surface area contributed by atoms with Crippen molar-refractivity contribution in [1.82, 2.24) is 19.8 Å². The van der Waals surface area contributed by atoms with Gasteiger partial charge in [-0.3, -0.25) is 14.5 Å². The summed E-state index contributed by atoms with van der Waals surface area (Å²) in [6.07, 6.45) is -4.71. The molecular weight excluding hydrogens is 650 g/mol. The molecule has 1 aliphatic heterocycles. The number of anilines is 1. The molecule has 4 aromatic rings. The number of alkyl halides is 4. The molecule has 0 spiro atoms. The normalized spacial score (nSPS) is 17.5. The molecule has 2 heterocycles. The molecule has 1 aromatic heterocycles. The van der Waals surface area contributed by atoms with E-state index in [2.05, 4.69) is 10.0 Å². The number of para-hydroxylation sites is 1. The van der Waals surface area contributed by atoms with E-state index in [1.807, 2.05) is 0 Å². The molecule has 0 aliphatic carbocycles. The van der Waals surface area contributed by atoms with Crippen LogP contribution in [0.15, 0.2) is 78.9 Å². The summed E-state index contributed by atoms with van der Waals surface area (Å²) in [5.41, 5.74) is 0.0461. The number of aromatic nitrogens is 2. The SMILES string of the molecule is CCN1C(=O)[C@@H](NC(=O)c2cccc(C(F)(F)F)c2)[C@@H](c2ccc(F)cc2)c2c([C@@H](C)NS(=O)(=O)CCl)nn(-c3ccccc3)c21. The number of rotatable bonds is 9. The summed E-state index contributed by atoms with van der Waals surface area (Å²) < 4.78 is 83.5. The number of fused-ring (bicyclic) bond motifs is 1. The highest BCUT2D eigenvalue weighted by molar-refractivity contribution is 7.90. The van der Waals surface area contributed by atoms with Gasteiger partial charge in [0.25, 0.3) is 11.8 Å². The van der Waals surface area contributed by atoms with Gasteiger partial charge in [0.15, 0.2) is 0 Å². The zero-order valence-corrected chi connectivity index (χ0v) is 26.0. The first-order chi connectivity index (χ1) is 21.8. The summed E-state index contributed by atoms with van der Waals surface area (Å²) in [7, 11) is -3.98. The van der Waals surface area contributed by atoms with Gasteiger partial charge in [-0.1, -0.05) is 36.4 Å². The van der Waals surface area contributed by atoms with Gasteiger partial charge in [0, 0.05) is 23.6 Å². The lowest BCUT2D eigenvalue weighted by molar-refractivity contribution is -0.137. The average Bonchev–Trinajstić information content (AvgIpc) is 3.42. The third-order valence-corrected chi connectivity index (χ3v) is 9.41. The number of likely N-dealkylation sites (N-methyl/N-ethyl adjacent to an activating group) is 1. The molecule has 0 fully saturated rings. The molecule has 0 saturated carbocycles. The van der Waals surface area contributed by atoms with Crippen LogP contribution in [0, 0.1) is 5.82 Å². The molecule has 0 radical (unpaired) electrons. The van der Waals surface area contributed by atoms with Crippen LogP contribution in [-0.2, 0) is 21.0 Å². The lowest BCUT2D eigenvalue weighted by atomic mass is 9.80. The number of hydrogen-bond donors (Lipinski definition) is 2. The second kappa shape index (κ2) is 12.9. The Kier molecular flexibility index (Phi) is 9.25. The summed E-state index contributed by atoms with van der Waals surface area (Å²) in [5.74, 6) is -2.93. The van der Waals surface area contributed by atoms with Gasteiger partial charge in [0.05, 0.1) is 23.0 Å². The predicted octanol–water partition coefficient (Wildman–Crippen LogP) is 5.50. The Hall–Kier alpha value is -4.27. The maximum atomic E-state index is 14.3. The zero-order valence-electron chi connectivity index (χ0n) is 24.4. The van der Waals surface area contributed by atoms with Crippen molar-refractivity contribution in [2.75, 3.05) is 16.7 Å². The van der Waals surface area contributed by atoms with Crippen LogP contribution < -0.4 is 14.9 Å². The molecule has 1 aliphatic rings. The quantitative estimate of drug-likeness (QED) is 0.179. The van der Waals surface area contributed by atoms with Crippen molar-refractivity contribution in [3.8, 4) is 5.69 Å². The highest BCUT2D eigenvalue weighted by atomic mass is 35.5. The summed E-state index contributed by atoms with van der Waals surface area (Å²) in [5, 5.41) is 6.64. The molecule has 3 atom stereocenters.